The van der Waals surface area contributed by atoms with E-state index in [0.29, 0.717) is 24.5 Å². The molecule has 0 unspecified atom stereocenters. The van der Waals surface area contributed by atoms with Crippen LogP contribution in [0.5, 0.6) is 0 Å². The number of rotatable bonds is 5. The van der Waals surface area contributed by atoms with Gasteiger partial charge in [0, 0.05) is 30.2 Å². The van der Waals surface area contributed by atoms with Crippen LogP contribution in [0.25, 0.3) is 11.1 Å². The second-order valence-electron chi connectivity index (χ2n) is 7.57. The molecule has 3 heterocycles. The standard InChI is InChI=1S/C22H20F3N5O2/c1-13-9-15(11-16(10-13)28-21-26-7-6-18(29-21)22(23,24)25)14-4-5-19(27-12-14)30-8-2-3-17(30)20(31)32/h4-7,9-12,17H,2-3,8H2,1H3,(H,31,32)(H,26,28,29)/t17-/m0/s1. The molecule has 0 amide bonds. The van der Waals surface area contributed by atoms with Crippen LogP contribution >= 0.6 is 0 Å². The second kappa shape index (κ2) is 8.45. The Morgan fingerprint density at radius 3 is 2.66 bits per heavy atom. The maximum atomic E-state index is 12.9. The van der Waals surface area contributed by atoms with Crippen LogP contribution in [0.1, 0.15) is 24.1 Å². The van der Waals surface area contributed by atoms with Crippen LogP contribution in [0.4, 0.5) is 30.6 Å². The van der Waals surface area contributed by atoms with E-state index < -0.39 is 23.9 Å². The number of nitrogens with zero attached hydrogens (tertiary/aromatic N) is 4. The van der Waals surface area contributed by atoms with Gasteiger partial charge in [-0.15, -0.1) is 0 Å². The first-order valence-corrected chi connectivity index (χ1v) is 9.95. The number of aromatic nitrogens is 3. The number of benzene rings is 1. The Balaban J connectivity index is 1.57. The van der Waals surface area contributed by atoms with E-state index in [1.807, 2.05) is 19.1 Å². The summed E-state index contributed by atoms with van der Waals surface area (Å²) < 4.78 is 38.7. The van der Waals surface area contributed by atoms with Gasteiger partial charge < -0.3 is 15.3 Å². The molecule has 32 heavy (non-hydrogen) atoms. The van der Waals surface area contributed by atoms with Crippen molar-refractivity contribution in [3.05, 3.63) is 60.0 Å². The molecule has 1 aliphatic rings. The fourth-order valence-corrected chi connectivity index (χ4v) is 3.75. The first kappa shape index (κ1) is 21.5. The van der Waals surface area contributed by atoms with Gasteiger partial charge in [-0.25, -0.2) is 19.7 Å². The molecule has 166 valence electrons. The number of hydrogen-bond acceptors (Lipinski definition) is 6. The highest BCUT2D eigenvalue weighted by Gasteiger charge is 2.33. The summed E-state index contributed by atoms with van der Waals surface area (Å²) in [6, 6.07) is 9.33. The lowest BCUT2D eigenvalue weighted by molar-refractivity contribution is -0.141. The SMILES string of the molecule is Cc1cc(Nc2nccc(C(F)(F)F)n2)cc(-c2ccc(N3CCC[C@H]3C(=O)O)nc2)c1. The zero-order valence-corrected chi connectivity index (χ0v) is 17.1. The van der Waals surface area contributed by atoms with Crippen molar-refractivity contribution in [2.45, 2.75) is 32.0 Å². The van der Waals surface area contributed by atoms with Crippen LogP contribution in [0.3, 0.4) is 0 Å². The molecule has 3 aromatic rings. The lowest BCUT2D eigenvalue weighted by atomic mass is 10.0. The molecule has 0 aliphatic carbocycles. The van der Waals surface area contributed by atoms with Gasteiger partial charge in [-0.05, 0) is 61.2 Å². The smallest absolute Gasteiger partial charge is 0.433 e. The number of nitrogens with one attached hydrogen (secondary N) is 1. The molecular weight excluding hydrogens is 423 g/mol. The quantitative estimate of drug-likeness (QED) is 0.593. The number of carbonyl (C=O) groups is 1. The lowest BCUT2D eigenvalue weighted by Crippen LogP contribution is -2.36. The maximum absolute atomic E-state index is 12.9. The highest BCUT2D eigenvalue weighted by atomic mass is 19.4. The van der Waals surface area contributed by atoms with E-state index in [1.54, 1.807) is 29.3 Å². The minimum Gasteiger partial charge on any atom is -0.480 e. The highest BCUT2D eigenvalue weighted by Crippen LogP contribution is 2.30. The molecule has 1 fully saturated rings. The minimum atomic E-state index is -4.56. The van der Waals surface area contributed by atoms with Gasteiger partial charge in [-0.3, -0.25) is 0 Å². The molecule has 1 atom stereocenters. The van der Waals surface area contributed by atoms with E-state index in [4.69, 9.17) is 0 Å². The number of pyridine rings is 1. The van der Waals surface area contributed by atoms with Gasteiger partial charge in [0.25, 0.3) is 0 Å². The number of carboxylic acid groups (broad SMARTS) is 1. The third-order valence-corrected chi connectivity index (χ3v) is 5.19. The van der Waals surface area contributed by atoms with Crippen molar-refractivity contribution in [3.63, 3.8) is 0 Å². The van der Waals surface area contributed by atoms with E-state index >= 15 is 0 Å². The number of hydrogen-bond donors (Lipinski definition) is 2. The maximum Gasteiger partial charge on any atom is 0.433 e. The Kier molecular flexibility index (Phi) is 5.68. The molecule has 0 bridgehead atoms. The van der Waals surface area contributed by atoms with Crippen molar-refractivity contribution < 1.29 is 23.1 Å². The van der Waals surface area contributed by atoms with Gasteiger partial charge in [-0.1, -0.05) is 6.07 Å². The van der Waals surface area contributed by atoms with Crippen molar-refractivity contribution in [2.24, 2.45) is 0 Å². The molecule has 4 rings (SSSR count). The monoisotopic (exact) mass is 443 g/mol. The van der Waals surface area contributed by atoms with E-state index in [0.717, 1.165) is 35.4 Å². The molecule has 2 N–H and O–H groups in total. The summed E-state index contributed by atoms with van der Waals surface area (Å²) in [5.41, 5.74) is 1.98. The van der Waals surface area contributed by atoms with Crippen LogP contribution in [0, 0.1) is 6.92 Å². The number of alkyl halides is 3. The van der Waals surface area contributed by atoms with Crippen molar-refractivity contribution in [1.29, 1.82) is 0 Å². The summed E-state index contributed by atoms with van der Waals surface area (Å²) >= 11 is 0. The van der Waals surface area contributed by atoms with Gasteiger partial charge in [0.2, 0.25) is 5.95 Å². The molecule has 0 saturated carbocycles. The van der Waals surface area contributed by atoms with Crippen molar-refractivity contribution >= 4 is 23.4 Å². The minimum absolute atomic E-state index is 0.154. The summed E-state index contributed by atoms with van der Waals surface area (Å²) in [5, 5.41) is 12.2. The van der Waals surface area contributed by atoms with Crippen LogP contribution < -0.4 is 10.2 Å². The molecule has 7 nitrogen and oxygen atoms in total. The topological polar surface area (TPSA) is 91.2 Å². The van der Waals surface area contributed by atoms with Gasteiger partial charge in [0.15, 0.2) is 0 Å². The Bertz CT molecular complexity index is 1140. The van der Waals surface area contributed by atoms with Gasteiger partial charge in [0.1, 0.15) is 17.6 Å². The van der Waals surface area contributed by atoms with Crippen LogP contribution in [0.2, 0.25) is 0 Å². The number of carboxylic acids is 1. The van der Waals surface area contributed by atoms with E-state index in [1.165, 1.54) is 0 Å². The molecule has 0 radical (unpaired) electrons. The number of halogens is 3. The fourth-order valence-electron chi connectivity index (χ4n) is 3.75. The van der Waals surface area contributed by atoms with Crippen LogP contribution in [-0.4, -0.2) is 38.6 Å². The average molecular weight is 443 g/mol. The summed E-state index contributed by atoms with van der Waals surface area (Å²) in [6.45, 7) is 2.50. The first-order chi connectivity index (χ1) is 15.2. The van der Waals surface area contributed by atoms with Crippen molar-refractivity contribution in [3.8, 4) is 11.1 Å². The molecule has 1 aliphatic heterocycles. The second-order valence-corrected chi connectivity index (χ2v) is 7.57. The number of anilines is 3. The largest absolute Gasteiger partial charge is 0.480 e. The average Bonchev–Trinajstić information content (AvgIpc) is 3.23. The number of aliphatic carboxylic acids is 1. The predicted molar refractivity (Wildman–Crippen MR) is 113 cm³/mol. The van der Waals surface area contributed by atoms with Gasteiger partial charge in [-0.2, -0.15) is 13.2 Å². The molecule has 2 aromatic heterocycles. The third-order valence-electron chi connectivity index (χ3n) is 5.19. The first-order valence-electron chi connectivity index (χ1n) is 9.95. The fraction of sp³-hybridized carbons (Fsp3) is 0.273. The molecular formula is C22H20F3N5O2. The molecule has 0 spiro atoms. The molecule has 10 heteroatoms. The molecule has 1 aromatic carbocycles. The summed E-state index contributed by atoms with van der Waals surface area (Å²) in [5.74, 6) is -0.416. The lowest BCUT2D eigenvalue weighted by Gasteiger charge is -2.22. The highest BCUT2D eigenvalue weighted by molar-refractivity contribution is 5.79. The van der Waals surface area contributed by atoms with Gasteiger partial charge >= 0.3 is 12.1 Å². The third kappa shape index (κ3) is 4.63. The predicted octanol–water partition coefficient (Wildman–Crippen LogP) is 4.66. The van der Waals surface area contributed by atoms with E-state index in [9.17, 15) is 23.1 Å². The van der Waals surface area contributed by atoms with Crippen molar-refractivity contribution in [2.75, 3.05) is 16.8 Å². The number of aryl methyl sites for hydroxylation is 1. The van der Waals surface area contributed by atoms with E-state index in [2.05, 4.69) is 20.3 Å². The summed E-state index contributed by atoms with van der Waals surface area (Å²) in [7, 11) is 0. The normalized spacial score (nSPS) is 16.2. The zero-order chi connectivity index (χ0) is 22.9. The summed E-state index contributed by atoms with van der Waals surface area (Å²) in [4.78, 5) is 25.1. The Morgan fingerprint density at radius 1 is 1.16 bits per heavy atom. The van der Waals surface area contributed by atoms with Crippen molar-refractivity contribution in [1.82, 2.24) is 15.0 Å². The summed E-state index contributed by atoms with van der Waals surface area (Å²) in [6.07, 6.45) is -0.458. The van der Waals surface area contributed by atoms with E-state index in [-0.39, 0.29) is 5.95 Å². The molecule has 1 saturated heterocycles. The van der Waals surface area contributed by atoms with Crippen LogP contribution in [0.15, 0.2) is 48.8 Å². The Hall–Kier alpha value is -3.69. The van der Waals surface area contributed by atoms with Gasteiger partial charge in [0.05, 0.1) is 0 Å². The van der Waals surface area contributed by atoms with Crippen LogP contribution in [-0.2, 0) is 11.0 Å². The Morgan fingerprint density at radius 2 is 1.97 bits per heavy atom. The zero-order valence-electron chi connectivity index (χ0n) is 17.1. The Labute approximate surface area is 182 Å².